The van der Waals surface area contributed by atoms with E-state index in [4.69, 9.17) is 6.11 Å². The zero-order chi connectivity index (χ0) is 16.2. The number of nitrogens with one attached hydrogen (secondary N) is 1. The highest BCUT2D eigenvalue weighted by Gasteiger charge is 2.41. The van der Waals surface area contributed by atoms with Gasteiger partial charge in [0.15, 0.2) is 5.78 Å². The molecule has 1 fully saturated rings. The molecule has 4 heteroatoms. The standard InChI is InChI=1S/C16H29NO3/c1-10(2)6-7-17-16(19)13(8-11(3)4)9-14(18)15-12(5)20-15/h10-13,15H,6-9H2,1-5H3,(H,17,19)/t12-,13+,15+/m1/s1/i13D. The molecule has 0 aromatic carbocycles. The smallest absolute Gasteiger partial charge is 0.223 e. The van der Waals surface area contributed by atoms with E-state index >= 15 is 0 Å². The summed E-state index contributed by atoms with van der Waals surface area (Å²) in [4.78, 5) is 24.4. The molecule has 1 amide bonds. The van der Waals surface area contributed by atoms with Gasteiger partial charge in [-0.15, -0.1) is 0 Å². The number of carbonyl (C=O) groups is 2. The molecular weight excluding hydrogens is 254 g/mol. The molecule has 1 heterocycles. The lowest BCUT2D eigenvalue weighted by Crippen LogP contribution is -2.34. The molecule has 116 valence electrons. The number of amides is 1. The number of epoxide rings is 1. The first kappa shape index (κ1) is 15.5. The van der Waals surface area contributed by atoms with Crippen LogP contribution in [0.2, 0.25) is 0 Å². The molecule has 1 rings (SSSR count). The molecular formula is C16H29NO3. The molecule has 0 unspecified atom stereocenters. The third kappa shape index (κ3) is 6.04. The first-order valence-electron chi connectivity index (χ1n) is 8.12. The largest absolute Gasteiger partial charge is 0.362 e. The summed E-state index contributed by atoms with van der Waals surface area (Å²) >= 11 is 0. The summed E-state index contributed by atoms with van der Waals surface area (Å²) in [7, 11) is 0. The van der Waals surface area contributed by atoms with Gasteiger partial charge in [0.05, 0.1) is 6.10 Å². The van der Waals surface area contributed by atoms with E-state index in [0.29, 0.717) is 18.9 Å². The van der Waals surface area contributed by atoms with Gasteiger partial charge in [0, 0.05) is 20.2 Å². The van der Waals surface area contributed by atoms with Crippen LogP contribution in [0.1, 0.15) is 55.3 Å². The topological polar surface area (TPSA) is 58.7 Å². The van der Waals surface area contributed by atoms with Gasteiger partial charge in [-0.25, -0.2) is 0 Å². The Bertz CT molecular complexity index is 384. The lowest BCUT2D eigenvalue weighted by atomic mass is 9.90. The molecule has 3 atom stereocenters. The predicted molar refractivity (Wildman–Crippen MR) is 79.4 cm³/mol. The number of hydrogen-bond donors (Lipinski definition) is 1. The van der Waals surface area contributed by atoms with Crippen LogP contribution in [0.3, 0.4) is 0 Å². The summed E-state index contributed by atoms with van der Waals surface area (Å²) < 4.78 is 13.6. The molecule has 1 aliphatic rings. The number of Topliss-reactive ketones (excluding diaryl/α,β-unsaturated/α-hetero) is 1. The van der Waals surface area contributed by atoms with Gasteiger partial charge >= 0.3 is 0 Å². The molecule has 0 aliphatic carbocycles. The van der Waals surface area contributed by atoms with Gasteiger partial charge in [0.25, 0.3) is 0 Å². The van der Waals surface area contributed by atoms with Crippen LogP contribution in [0.25, 0.3) is 0 Å². The molecule has 0 aromatic heterocycles. The molecule has 0 saturated carbocycles. The molecule has 20 heavy (non-hydrogen) atoms. The Morgan fingerprint density at radius 3 is 2.30 bits per heavy atom. The Morgan fingerprint density at radius 2 is 1.85 bits per heavy atom. The van der Waals surface area contributed by atoms with E-state index < -0.39 is 12.0 Å². The number of ether oxygens (including phenoxy) is 1. The molecule has 1 aliphatic heterocycles. The van der Waals surface area contributed by atoms with Gasteiger partial charge in [0.1, 0.15) is 6.10 Å². The third-order valence-corrected chi connectivity index (χ3v) is 3.40. The minimum absolute atomic E-state index is 0.0618. The minimum Gasteiger partial charge on any atom is -0.362 e. The highest BCUT2D eigenvalue weighted by atomic mass is 16.6. The monoisotopic (exact) mass is 284 g/mol. The lowest BCUT2D eigenvalue weighted by Gasteiger charge is -2.18. The Hall–Kier alpha value is -0.900. The SMILES string of the molecule is [2H][C@@](CC(=O)[C@H]1O[C@@H]1C)(CC(C)C)C(=O)NCCC(C)C. The molecule has 0 bridgehead atoms. The summed E-state index contributed by atoms with van der Waals surface area (Å²) in [6.07, 6.45) is 0.719. The maximum absolute atomic E-state index is 12.4. The van der Waals surface area contributed by atoms with Crippen molar-refractivity contribution in [3.8, 4) is 0 Å². The zero-order valence-electron chi connectivity index (χ0n) is 14.4. The number of carbonyl (C=O) groups excluding carboxylic acids is 2. The first-order chi connectivity index (χ1) is 9.65. The van der Waals surface area contributed by atoms with Crippen molar-refractivity contribution >= 4 is 11.7 Å². The van der Waals surface area contributed by atoms with E-state index in [1.807, 2.05) is 20.8 Å². The second-order valence-corrected chi connectivity index (χ2v) is 6.54. The second-order valence-electron chi connectivity index (χ2n) is 6.54. The fourth-order valence-electron chi connectivity index (χ4n) is 2.17. The quantitative estimate of drug-likeness (QED) is 0.662. The minimum atomic E-state index is -1.38. The maximum atomic E-state index is 12.4. The highest BCUT2D eigenvalue weighted by molar-refractivity contribution is 5.90. The van der Waals surface area contributed by atoms with Crippen LogP contribution in [0, 0.1) is 17.7 Å². The van der Waals surface area contributed by atoms with E-state index in [9.17, 15) is 9.59 Å². The van der Waals surface area contributed by atoms with Crippen LogP contribution >= 0.6 is 0 Å². The normalized spacial score (nSPS) is 25.2. The fourth-order valence-corrected chi connectivity index (χ4v) is 2.17. The van der Waals surface area contributed by atoms with Gasteiger partial charge in [-0.2, -0.15) is 0 Å². The van der Waals surface area contributed by atoms with Gasteiger partial charge in [0.2, 0.25) is 5.91 Å². The van der Waals surface area contributed by atoms with Crippen LogP contribution in [0.4, 0.5) is 0 Å². The Morgan fingerprint density at radius 1 is 1.25 bits per heavy atom. The zero-order valence-corrected chi connectivity index (χ0v) is 13.4. The van der Waals surface area contributed by atoms with Crippen molar-refractivity contribution in [3.63, 3.8) is 0 Å². The molecule has 0 radical (unpaired) electrons. The van der Waals surface area contributed by atoms with Crippen molar-refractivity contribution in [3.05, 3.63) is 0 Å². The molecule has 1 N–H and O–H groups in total. The van der Waals surface area contributed by atoms with E-state index in [1.165, 1.54) is 0 Å². The average Bonchev–Trinajstić information content (AvgIpc) is 3.04. The van der Waals surface area contributed by atoms with Gasteiger partial charge in [-0.3, -0.25) is 9.59 Å². The van der Waals surface area contributed by atoms with Gasteiger partial charge < -0.3 is 10.1 Å². The van der Waals surface area contributed by atoms with Crippen LogP contribution < -0.4 is 5.32 Å². The van der Waals surface area contributed by atoms with Crippen LogP contribution in [-0.2, 0) is 14.3 Å². The van der Waals surface area contributed by atoms with Crippen LogP contribution in [0.15, 0.2) is 0 Å². The van der Waals surface area contributed by atoms with E-state index in [1.54, 1.807) is 0 Å². The van der Waals surface area contributed by atoms with Gasteiger partial charge in [-0.1, -0.05) is 27.7 Å². The predicted octanol–water partition coefficient (Wildman–Crippen LogP) is 2.56. The Kier molecular flexibility index (Phi) is 6.02. The number of hydrogen-bond acceptors (Lipinski definition) is 3. The summed E-state index contributed by atoms with van der Waals surface area (Å²) in [6.45, 7) is 10.5. The van der Waals surface area contributed by atoms with E-state index in [0.717, 1.165) is 6.42 Å². The van der Waals surface area contributed by atoms with Crippen molar-refractivity contribution in [2.75, 3.05) is 6.54 Å². The highest BCUT2D eigenvalue weighted by Crippen LogP contribution is 2.26. The van der Waals surface area contributed by atoms with Crippen LogP contribution in [0.5, 0.6) is 0 Å². The summed E-state index contributed by atoms with van der Waals surface area (Å²) in [5, 5.41) is 2.82. The summed E-state index contributed by atoms with van der Waals surface area (Å²) in [5.74, 6) is -1.16. The van der Waals surface area contributed by atoms with E-state index in [-0.39, 0.29) is 30.1 Å². The Balaban J connectivity index is 2.63. The second kappa shape index (κ2) is 7.77. The van der Waals surface area contributed by atoms with Crippen molar-refractivity contribution in [2.24, 2.45) is 17.7 Å². The molecule has 4 nitrogen and oxygen atoms in total. The molecule has 0 spiro atoms. The first-order valence-corrected chi connectivity index (χ1v) is 7.62. The molecule has 0 aromatic rings. The summed E-state index contributed by atoms with van der Waals surface area (Å²) in [6, 6.07) is 0. The average molecular weight is 284 g/mol. The van der Waals surface area contributed by atoms with Crippen LogP contribution in [-0.4, -0.2) is 30.4 Å². The number of ketones is 1. The lowest BCUT2D eigenvalue weighted by molar-refractivity contribution is -0.130. The van der Waals surface area contributed by atoms with Gasteiger partial charge in [-0.05, 0) is 31.6 Å². The summed E-state index contributed by atoms with van der Waals surface area (Å²) in [5.41, 5.74) is 0. The third-order valence-electron chi connectivity index (χ3n) is 3.40. The molecule has 1 saturated heterocycles. The van der Waals surface area contributed by atoms with Crippen molar-refractivity contribution in [2.45, 2.75) is 66.1 Å². The maximum Gasteiger partial charge on any atom is 0.223 e. The fraction of sp³-hybridized carbons (Fsp3) is 0.875. The van der Waals surface area contributed by atoms with Crippen molar-refractivity contribution < 1.29 is 15.7 Å². The number of rotatable bonds is 9. The van der Waals surface area contributed by atoms with E-state index in [2.05, 4.69) is 19.2 Å². The van der Waals surface area contributed by atoms with Crippen molar-refractivity contribution in [1.29, 1.82) is 0 Å². The van der Waals surface area contributed by atoms with Crippen molar-refractivity contribution in [1.82, 2.24) is 5.32 Å². The Labute approximate surface area is 124 Å².